The fourth-order valence-corrected chi connectivity index (χ4v) is 1.84. The van der Waals surface area contributed by atoms with Gasteiger partial charge in [-0.15, -0.1) is 12.4 Å². The maximum Gasteiger partial charge on any atom is 0.142 e. The fourth-order valence-electron chi connectivity index (χ4n) is 1.67. The Kier molecular flexibility index (Phi) is 10.9. The van der Waals surface area contributed by atoms with Crippen molar-refractivity contribution in [1.29, 1.82) is 10.5 Å². The molecule has 0 aliphatic rings. The first kappa shape index (κ1) is 24.7. The molecule has 25 heavy (non-hydrogen) atoms. The Balaban J connectivity index is 0. The van der Waals surface area contributed by atoms with Crippen LogP contribution in [-0.4, -0.2) is 9.97 Å². The van der Waals surface area contributed by atoms with Crippen LogP contribution in [0.2, 0.25) is 5.02 Å². The van der Waals surface area contributed by atoms with Gasteiger partial charge in [0.25, 0.3) is 0 Å². The highest BCUT2D eigenvalue weighted by molar-refractivity contribution is 6.32. The second kappa shape index (κ2) is 11.1. The van der Waals surface area contributed by atoms with Gasteiger partial charge in [-0.25, -0.2) is 9.97 Å². The summed E-state index contributed by atoms with van der Waals surface area (Å²) >= 11 is 5.72. The lowest BCUT2D eigenvalue weighted by Crippen LogP contribution is -2.03. The lowest BCUT2D eigenvalue weighted by Gasteiger charge is -2.03. The summed E-state index contributed by atoms with van der Waals surface area (Å²) in [6.45, 7) is 3.98. The summed E-state index contributed by atoms with van der Waals surface area (Å²) in [6, 6.07) is 6.98. The number of halogens is 2. The third kappa shape index (κ3) is 6.44. The van der Waals surface area contributed by atoms with E-state index in [4.69, 9.17) is 39.3 Å². The van der Waals surface area contributed by atoms with Crippen LogP contribution in [-0.2, 0) is 6.54 Å². The number of pyridine rings is 2. The van der Waals surface area contributed by atoms with Crippen molar-refractivity contribution in [3.8, 4) is 12.1 Å². The molecular formula is C16H21Cl2N7. The highest BCUT2D eigenvalue weighted by atomic mass is 35.5. The molecule has 0 unspecified atom stereocenters. The average Bonchev–Trinajstić information content (AvgIpc) is 2.52. The van der Waals surface area contributed by atoms with Gasteiger partial charge in [-0.1, -0.05) is 19.0 Å². The molecule has 0 aliphatic carbocycles. The fraction of sp³-hybridized carbons (Fsp3) is 0.250. The van der Waals surface area contributed by atoms with Gasteiger partial charge in [0.05, 0.1) is 21.8 Å². The van der Waals surface area contributed by atoms with E-state index in [0.717, 1.165) is 11.3 Å². The van der Waals surface area contributed by atoms with Crippen molar-refractivity contribution in [2.45, 2.75) is 27.8 Å². The van der Waals surface area contributed by atoms with Gasteiger partial charge < -0.3 is 17.2 Å². The topological polar surface area (TPSA) is 151 Å². The molecule has 6 N–H and O–H groups in total. The van der Waals surface area contributed by atoms with Crippen molar-refractivity contribution < 1.29 is 0 Å². The minimum atomic E-state index is 0. The van der Waals surface area contributed by atoms with Crippen LogP contribution >= 0.6 is 24.0 Å². The molecule has 2 rings (SSSR count). The number of hydrogen-bond acceptors (Lipinski definition) is 7. The third-order valence-corrected chi connectivity index (χ3v) is 3.30. The Morgan fingerprint density at radius 3 is 2.00 bits per heavy atom. The highest BCUT2D eigenvalue weighted by Crippen LogP contribution is 2.19. The number of nitrogens with two attached hydrogens (primary N) is 3. The van der Waals surface area contributed by atoms with Crippen molar-refractivity contribution in [2.24, 2.45) is 5.73 Å². The molecule has 0 atom stereocenters. The molecular weight excluding hydrogens is 361 g/mol. The smallest absolute Gasteiger partial charge is 0.142 e. The zero-order chi connectivity index (χ0) is 17.6. The van der Waals surface area contributed by atoms with Crippen molar-refractivity contribution in [2.75, 3.05) is 11.5 Å². The maximum atomic E-state index is 8.59. The summed E-state index contributed by atoms with van der Waals surface area (Å²) in [5, 5.41) is 17.6. The largest absolute Gasteiger partial charge is 0.383 e. The Morgan fingerprint density at radius 2 is 1.52 bits per heavy atom. The first-order valence-corrected chi connectivity index (χ1v) is 6.90. The molecule has 0 amide bonds. The first-order valence-electron chi connectivity index (χ1n) is 6.52. The summed E-state index contributed by atoms with van der Waals surface area (Å²) in [4.78, 5) is 7.86. The van der Waals surface area contributed by atoms with Crippen molar-refractivity contribution >= 4 is 35.6 Å². The van der Waals surface area contributed by atoms with E-state index < -0.39 is 0 Å². The van der Waals surface area contributed by atoms with E-state index >= 15 is 0 Å². The molecule has 134 valence electrons. The van der Waals surface area contributed by atoms with E-state index in [-0.39, 0.29) is 31.2 Å². The van der Waals surface area contributed by atoms with Crippen LogP contribution in [0.25, 0.3) is 0 Å². The molecule has 9 heteroatoms. The zero-order valence-corrected chi connectivity index (χ0v) is 14.7. The van der Waals surface area contributed by atoms with E-state index in [1.165, 1.54) is 6.07 Å². The Labute approximate surface area is 158 Å². The van der Waals surface area contributed by atoms with Gasteiger partial charge >= 0.3 is 0 Å². The van der Waals surface area contributed by atoms with Crippen LogP contribution < -0.4 is 17.2 Å². The van der Waals surface area contributed by atoms with Gasteiger partial charge in [-0.3, -0.25) is 0 Å². The second-order valence-corrected chi connectivity index (χ2v) is 4.99. The van der Waals surface area contributed by atoms with Crippen LogP contribution in [0.3, 0.4) is 0 Å². The number of aromatic nitrogens is 2. The van der Waals surface area contributed by atoms with Gasteiger partial charge in [0.2, 0.25) is 0 Å². The van der Waals surface area contributed by atoms with Crippen molar-refractivity contribution in [1.82, 2.24) is 9.97 Å². The summed E-state index contributed by atoms with van der Waals surface area (Å²) in [7, 11) is 0. The summed E-state index contributed by atoms with van der Waals surface area (Å²) in [6.07, 6.45) is 0. The van der Waals surface area contributed by atoms with E-state index in [9.17, 15) is 0 Å². The highest BCUT2D eigenvalue weighted by Gasteiger charge is 2.05. The molecule has 2 aromatic heterocycles. The van der Waals surface area contributed by atoms with E-state index in [1.807, 2.05) is 19.1 Å². The molecule has 2 heterocycles. The molecule has 0 aromatic carbocycles. The van der Waals surface area contributed by atoms with Crippen LogP contribution in [0.4, 0.5) is 11.6 Å². The van der Waals surface area contributed by atoms with E-state index in [1.54, 1.807) is 13.0 Å². The average molecular weight is 382 g/mol. The maximum absolute atomic E-state index is 8.59. The number of rotatable bonds is 1. The molecule has 0 bridgehead atoms. The van der Waals surface area contributed by atoms with Crippen LogP contribution in [0.5, 0.6) is 0 Å². The molecule has 0 saturated carbocycles. The Hall–Kier alpha value is -2.58. The minimum Gasteiger partial charge on any atom is -0.383 e. The quantitative estimate of drug-likeness (QED) is 0.686. The third-order valence-electron chi connectivity index (χ3n) is 3.00. The number of aryl methyl sites for hydroxylation is 2. The number of hydrogen-bond donors (Lipinski definition) is 3. The summed E-state index contributed by atoms with van der Waals surface area (Å²) < 4.78 is 0. The number of nitrogens with zero attached hydrogens (tertiary/aromatic N) is 4. The lowest BCUT2D eigenvalue weighted by molar-refractivity contribution is 1.01. The van der Waals surface area contributed by atoms with Gasteiger partial charge in [0.15, 0.2) is 0 Å². The number of nitriles is 2. The SMILES string of the molecule is C.Cc1nc(N)c(C#N)cc1C#N.Cc1nc(N)c(Cl)cc1CN.Cl. The number of nitrogen functional groups attached to an aromatic ring is 2. The van der Waals surface area contributed by atoms with Gasteiger partial charge in [-0.05, 0) is 31.5 Å². The molecule has 0 aliphatic heterocycles. The molecule has 0 saturated heterocycles. The number of anilines is 2. The van der Waals surface area contributed by atoms with Crippen LogP contribution in [0, 0.1) is 36.5 Å². The van der Waals surface area contributed by atoms with E-state index in [0.29, 0.717) is 28.6 Å². The van der Waals surface area contributed by atoms with Gasteiger partial charge in [0, 0.05) is 12.2 Å². The molecule has 2 aromatic rings. The van der Waals surface area contributed by atoms with Crippen LogP contribution in [0.15, 0.2) is 12.1 Å². The summed E-state index contributed by atoms with van der Waals surface area (Å²) in [5.74, 6) is 0.537. The Morgan fingerprint density at radius 1 is 1.00 bits per heavy atom. The lowest BCUT2D eigenvalue weighted by atomic mass is 10.1. The van der Waals surface area contributed by atoms with Crippen LogP contribution in [0.1, 0.15) is 35.5 Å². The molecule has 0 spiro atoms. The zero-order valence-electron chi connectivity index (χ0n) is 13.2. The van der Waals surface area contributed by atoms with E-state index in [2.05, 4.69) is 9.97 Å². The Bertz CT molecular complexity index is 772. The standard InChI is InChI=1S/C8H6N4.C7H10ClN3.CH4.ClH/c1-5-6(3-9)2-7(4-10)8(11)12-5;1-4-5(3-9)2-6(8)7(10)11-4;;/h2H,1H3,(H2,11,12);2H,3,9H2,1H3,(H2,10,11);1H4;1H. The normalized spacial score (nSPS) is 8.56. The van der Waals surface area contributed by atoms with Gasteiger partial charge in [-0.2, -0.15) is 10.5 Å². The van der Waals surface area contributed by atoms with Crippen molar-refractivity contribution in [3.63, 3.8) is 0 Å². The summed E-state index contributed by atoms with van der Waals surface area (Å²) in [5.41, 5.74) is 19.3. The minimum absolute atomic E-state index is 0. The van der Waals surface area contributed by atoms with Crippen molar-refractivity contribution in [3.05, 3.63) is 45.2 Å². The predicted octanol–water partition coefficient (Wildman–Crippen LogP) is 2.86. The molecule has 0 fully saturated rings. The molecule has 7 nitrogen and oxygen atoms in total. The second-order valence-electron chi connectivity index (χ2n) is 4.58. The monoisotopic (exact) mass is 381 g/mol. The molecule has 0 radical (unpaired) electrons. The van der Waals surface area contributed by atoms with Gasteiger partial charge in [0.1, 0.15) is 23.8 Å². The predicted molar refractivity (Wildman–Crippen MR) is 103 cm³/mol. The first-order chi connectivity index (χ1) is 10.8.